The first-order valence-corrected chi connectivity index (χ1v) is 14.8. The molecule has 0 aliphatic heterocycles. The van der Waals surface area contributed by atoms with Gasteiger partial charge in [0, 0.05) is 16.2 Å². The Morgan fingerprint density at radius 3 is 1.26 bits per heavy atom. The van der Waals surface area contributed by atoms with Gasteiger partial charge < -0.3 is 15.3 Å². The molecule has 0 bridgehead atoms. The van der Waals surface area contributed by atoms with E-state index < -0.39 is 0 Å². The van der Waals surface area contributed by atoms with Crippen LogP contribution in [0, 0.1) is 27.7 Å². The van der Waals surface area contributed by atoms with E-state index in [1.807, 2.05) is 53.7 Å². The molecule has 0 atom stereocenters. The Bertz CT molecular complexity index is 1440. The molecule has 0 unspecified atom stereocenters. The second kappa shape index (κ2) is 11.9. The van der Waals surface area contributed by atoms with Crippen molar-refractivity contribution in [3.63, 3.8) is 0 Å². The van der Waals surface area contributed by atoms with Gasteiger partial charge in [0.2, 0.25) is 0 Å². The molecule has 0 aliphatic carbocycles. The number of allylic oxidation sites excluding steroid dienone is 5. The molecule has 3 nitrogen and oxygen atoms in total. The van der Waals surface area contributed by atoms with Gasteiger partial charge in [0.05, 0.1) is 6.26 Å². The van der Waals surface area contributed by atoms with Crippen molar-refractivity contribution in [3.8, 4) is 11.5 Å². The second-order valence-electron chi connectivity index (χ2n) is 13.6. The van der Waals surface area contributed by atoms with Crippen molar-refractivity contribution in [2.75, 3.05) is 0 Å². The number of aromatic hydroxyl groups is 2. The molecular formula is C39H50O3. The number of aliphatic hydroxyl groups excluding tert-OH is 1. The summed E-state index contributed by atoms with van der Waals surface area (Å²) in [5.41, 5.74) is 10.1. The van der Waals surface area contributed by atoms with E-state index in [1.54, 1.807) is 0 Å². The summed E-state index contributed by atoms with van der Waals surface area (Å²) in [7, 11) is 0. The topological polar surface area (TPSA) is 60.7 Å². The summed E-state index contributed by atoms with van der Waals surface area (Å²) >= 11 is 0. The number of phenolic OH excluding ortho intramolecular Hbond substituents is 2. The zero-order valence-electron chi connectivity index (χ0n) is 27.7. The fraction of sp³-hybridized carbons (Fsp3) is 0.385. The highest BCUT2D eigenvalue weighted by molar-refractivity contribution is 5.55. The first-order chi connectivity index (χ1) is 19.4. The number of aryl methyl sites for hydroxylation is 4. The maximum absolute atomic E-state index is 10.5. The van der Waals surface area contributed by atoms with Crippen LogP contribution in [0.2, 0.25) is 0 Å². The Hall–Kier alpha value is -3.72. The lowest BCUT2D eigenvalue weighted by molar-refractivity contribution is 0.465. The normalized spacial score (nSPS) is 13.7. The SMILES string of the molecule is C/C=C/C(=C\C(C)=C\O)C(C)(C)c1cc(C(C)(C)c2cc(C)c(O)c(C)c2)cc(C(C)(C)c2cc(C)c(O)c(C)c2)c1. The van der Waals surface area contributed by atoms with E-state index in [9.17, 15) is 15.3 Å². The van der Waals surface area contributed by atoms with Gasteiger partial charge in [-0.25, -0.2) is 0 Å². The zero-order chi connectivity index (χ0) is 31.8. The average Bonchev–Trinajstić information content (AvgIpc) is 2.93. The molecule has 0 amide bonds. The van der Waals surface area contributed by atoms with Crippen LogP contribution in [0.4, 0.5) is 0 Å². The molecule has 0 aliphatic rings. The smallest absolute Gasteiger partial charge is 0.121 e. The summed E-state index contributed by atoms with van der Waals surface area (Å²) in [5.74, 6) is 0.690. The molecular weight excluding hydrogens is 516 g/mol. The van der Waals surface area contributed by atoms with Crippen LogP contribution in [0.25, 0.3) is 0 Å². The second-order valence-corrected chi connectivity index (χ2v) is 13.6. The summed E-state index contributed by atoms with van der Waals surface area (Å²) in [4.78, 5) is 0. The number of hydrogen-bond acceptors (Lipinski definition) is 3. The van der Waals surface area contributed by atoms with E-state index >= 15 is 0 Å². The van der Waals surface area contributed by atoms with Crippen LogP contribution in [0.15, 0.2) is 78.1 Å². The Morgan fingerprint density at radius 2 is 0.929 bits per heavy atom. The Balaban J connectivity index is 2.41. The molecule has 0 saturated carbocycles. The quantitative estimate of drug-likeness (QED) is 0.188. The van der Waals surface area contributed by atoms with Gasteiger partial charge in [0.1, 0.15) is 11.5 Å². The lowest BCUT2D eigenvalue weighted by atomic mass is 9.68. The fourth-order valence-electron chi connectivity index (χ4n) is 5.74. The van der Waals surface area contributed by atoms with Gasteiger partial charge in [-0.2, -0.15) is 0 Å². The minimum absolute atomic E-state index is 0.345. The van der Waals surface area contributed by atoms with Gasteiger partial charge in [-0.05, 0) is 103 Å². The van der Waals surface area contributed by atoms with E-state index in [-0.39, 0.29) is 16.2 Å². The molecule has 3 heteroatoms. The van der Waals surface area contributed by atoms with Crippen molar-refractivity contribution in [1.82, 2.24) is 0 Å². The van der Waals surface area contributed by atoms with E-state index in [0.29, 0.717) is 11.5 Å². The molecule has 0 spiro atoms. The first-order valence-electron chi connectivity index (χ1n) is 14.8. The van der Waals surface area contributed by atoms with Crippen molar-refractivity contribution in [3.05, 3.63) is 128 Å². The summed E-state index contributed by atoms with van der Waals surface area (Å²) in [6.07, 6.45) is 7.36. The fourth-order valence-corrected chi connectivity index (χ4v) is 5.74. The van der Waals surface area contributed by atoms with E-state index in [2.05, 4.69) is 90.1 Å². The van der Waals surface area contributed by atoms with E-state index in [1.165, 1.54) is 16.7 Å². The summed E-state index contributed by atoms with van der Waals surface area (Å²) < 4.78 is 0. The molecule has 224 valence electrons. The monoisotopic (exact) mass is 566 g/mol. The van der Waals surface area contributed by atoms with Crippen molar-refractivity contribution < 1.29 is 15.3 Å². The lowest BCUT2D eigenvalue weighted by Crippen LogP contribution is -2.27. The third-order valence-electron chi connectivity index (χ3n) is 9.18. The Kier molecular flexibility index (Phi) is 9.27. The van der Waals surface area contributed by atoms with Gasteiger partial charge in [-0.1, -0.05) is 102 Å². The molecule has 3 aromatic rings. The number of aliphatic hydroxyl groups is 1. The summed E-state index contributed by atoms with van der Waals surface area (Å²) in [6, 6.07) is 15.3. The Morgan fingerprint density at radius 1 is 0.595 bits per heavy atom. The Labute approximate surface area is 254 Å². The molecule has 0 fully saturated rings. The molecule has 3 N–H and O–H groups in total. The highest BCUT2D eigenvalue weighted by atomic mass is 16.3. The largest absolute Gasteiger partial charge is 0.515 e. The predicted molar refractivity (Wildman–Crippen MR) is 178 cm³/mol. The van der Waals surface area contributed by atoms with Crippen LogP contribution < -0.4 is 0 Å². The van der Waals surface area contributed by atoms with Gasteiger partial charge in [-0.3, -0.25) is 0 Å². The van der Waals surface area contributed by atoms with Crippen LogP contribution in [0.3, 0.4) is 0 Å². The number of rotatable bonds is 8. The molecule has 3 aromatic carbocycles. The van der Waals surface area contributed by atoms with Gasteiger partial charge >= 0.3 is 0 Å². The van der Waals surface area contributed by atoms with E-state index in [4.69, 9.17) is 0 Å². The minimum Gasteiger partial charge on any atom is -0.515 e. The third-order valence-corrected chi connectivity index (χ3v) is 9.18. The average molecular weight is 567 g/mol. The molecule has 0 radical (unpaired) electrons. The van der Waals surface area contributed by atoms with E-state index in [0.717, 1.165) is 50.8 Å². The standard InChI is InChI=1S/C39H50O3/c1-13-14-29(15-24(2)23-40)37(7,8)32-20-33(38(9,10)30-16-25(3)35(41)26(4)17-30)22-34(21-32)39(11,12)31-18-27(5)36(42)28(6)19-31/h13-23,40-42H,1-12H3/b14-13+,24-23+,29-15+. The molecule has 0 aromatic heterocycles. The van der Waals surface area contributed by atoms with Gasteiger partial charge in [0.15, 0.2) is 0 Å². The van der Waals surface area contributed by atoms with Crippen molar-refractivity contribution in [2.24, 2.45) is 0 Å². The lowest BCUT2D eigenvalue weighted by Gasteiger charge is -2.36. The molecule has 3 rings (SSSR count). The van der Waals surface area contributed by atoms with Crippen LogP contribution in [0.5, 0.6) is 11.5 Å². The predicted octanol–water partition coefficient (Wildman–Crippen LogP) is 10.2. The molecule has 0 saturated heterocycles. The first kappa shape index (κ1) is 32.8. The summed E-state index contributed by atoms with van der Waals surface area (Å²) in [5, 5.41) is 30.7. The minimum atomic E-state index is -0.380. The van der Waals surface area contributed by atoms with Crippen LogP contribution in [-0.2, 0) is 16.2 Å². The molecule has 0 heterocycles. The third kappa shape index (κ3) is 6.21. The highest BCUT2D eigenvalue weighted by Gasteiger charge is 2.33. The molecule has 42 heavy (non-hydrogen) atoms. The van der Waals surface area contributed by atoms with Crippen molar-refractivity contribution >= 4 is 0 Å². The van der Waals surface area contributed by atoms with Crippen molar-refractivity contribution in [1.29, 1.82) is 0 Å². The van der Waals surface area contributed by atoms with Crippen LogP contribution in [0.1, 0.15) is 105 Å². The van der Waals surface area contributed by atoms with Gasteiger partial charge in [-0.15, -0.1) is 0 Å². The van der Waals surface area contributed by atoms with Gasteiger partial charge in [0.25, 0.3) is 0 Å². The number of benzene rings is 3. The highest BCUT2D eigenvalue weighted by Crippen LogP contribution is 2.44. The number of phenols is 2. The van der Waals surface area contributed by atoms with Crippen molar-refractivity contribution in [2.45, 2.75) is 99.3 Å². The zero-order valence-corrected chi connectivity index (χ0v) is 27.7. The van der Waals surface area contributed by atoms with Crippen LogP contribution >= 0.6 is 0 Å². The van der Waals surface area contributed by atoms with Crippen LogP contribution in [-0.4, -0.2) is 15.3 Å². The maximum Gasteiger partial charge on any atom is 0.121 e. The number of hydrogen-bond donors (Lipinski definition) is 3. The summed E-state index contributed by atoms with van der Waals surface area (Å²) in [6.45, 7) is 25.2. The maximum atomic E-state index is 10.5.